The Bertz CT molecular complexity index is 1640. The molecule has 0 aliphatic carbocycles. The van der Waals surface area contributed by atoms with E-state index in [-0.39, 0.29) is 30.2 Å². The maximum Gasteiger partial charge on any atom is 0.251 e. The summed E-state index contributed by atoms with van der Waals surface area (Å²) >= 11 is 6.63. The second-order valence-electron chi connectivity index (χ2n) is 11.0. The van der Waals surface area contributed by atoms with Crippen LogP contribution in [0.4, 0.5) is 11.4 Å². The minimum Gasteiger partial charge on any atom is -0.489 e. The summed E-state index contributed by atoms with van der Waals surface area (Å²) < 4.78 is 5.90. The summed E-state index contributed by atoms with van der Waals surface area (Å²) in [5, 5.41) is 6.65. The summed E-state index contributed by atoms with van der Waals surface area (Å²) in [6.07, 6.45) is 3.10. The fraction of sp³-hybridized carbons (Fsp3) is 0.281. The minimum atomic E-state index is -1.54. The number of benzene rings is 3. The van der Waals surface area contributed by atoms with Gasteiger partial charge in [-0.2, -0.15) is 0 Å². The third-order valence-corrected chi connectivity index (χ3v) is 9.38. The Morgan fingerprint density at radius 2 is 1.88 bits per heavy atom. The molecule has 2 N–H and O–H groups in total. The van der Waals surface area contributed by atoms with Gasteiger partial charge in [0.05, 0.1) is 11.5 Å². The highest BCUT2D eigenvalue weighted by molar-refractivity contribution is 6.31. The van der Waals surface area contributed by atoms with Crippen LogP contribution in [0.5, 0.6) is 5.75 Å². The van der Waals surface area contributed by atoms with Gasteiger partial charge in [0.2, 0.25) is 5.91 Å². The largest absolute Gasteiger partial charge is 0.489 e. The second-order valence-corrected chi connectivity index (χ2v) is 11.4. The van der Waals surface area contributed by atoms with Gasteiger partial charge >= 0.3 is 0 Å². The van der Waals surface area contributed by atoms with Crippen molar-refractivity contribution in [2.24, 2.45) is 5.92 Å². The lowest BCUT2D eigenvalue weighted by molar-refractivity contribution is -0.137. The van der Waals surface area contributed by atoms with Crippen LogP contribution in [0.25, 0.3) is 0 Å². The molecule has 0 bridgehead atoms. The van der Waals surface area contributed by atoms with Gasteiger partial charge in [-0.25, -0.2) is 0 Å². The van der Waals surface area contributed by atoms with Crippen molar-refractivity contribution in [1.29, 1.82) is 0 Å². The van der Waals surface area contributed by atoms with Crippen LogP contribution in [0.1, 0.15) is 39.9 Å². The molecule has 2 fully saturated rings. The van der Waals surface area contributed by atoms with E-state index in [9.17, 15) is 14.4 Å². The number of anilines is 2. The van der Waals surface area contributed by atoms with Crippen molar-refractivity contribution in [1.82, 2.24) is 4.90 Å². The Hall–Kier alpha value is -3.94. The zero-order valence-electron chi connectivity index (χ0n) is 22.0. The van der Waals surface area contributed by atoms with E-state index in [1.54, 1.807) is 36.4 Å². The van der Waals surface area contributed by atoms with Crippen LogP contribution in [0, 0.1) is 12.8 Å². The highest BCUT2D eigenvalue weighted by atomic mass is 35.5. The van der Waals surface area contributed by atoms with Gasteiger partial charge in [0.15, 0.2) is 5.78 Å². The van der Waals surface area contributed by atoms with Crippen LogP contribution < -0.4 is 15.4 Å². The molecule has 3 aromatic carbocycles. The summed E-state index contributed by atoms with van der Waals surface area (Å²) in [5.41, 5.74) is 0.752. The molecule has 0 aromatic heterocycles. The van der Waals surface area contributed by atoms with Crippen molar-refractivity contribution < 1.29 is 19.1 Å². The molecule has 7 rings (SSSR count). The number of ketones is 1. The van der Waals surface area contributed by atoms with Crippen molar-refractivity contribution in [2.45, 2.75) is 36.8 Å². The van der Waals surface area contributed by atoms with Crippen LogP contribution in [-0.4, -0.2) is 41.7 Å². The molecule has 2 spiro atoms. The average molecular weight is 554 g/mol. The molecule has 8 heteroatoms. The molecule has 40 heavy (non-hydrogen) atoms. The number of nitrogens with one attached hydrogen (secondary N) is 2. The number of fused-ring (bicyclic) bond motifs is 7. The zero-order chi connectivity index (χ0) is 27.8. The molecule has 4 aliphatic heterocycles. The molecule has 202 valence electrons. The molecule has 2 saturated heterocycles. The smallest absolute Gasteiger partial charge is 0.251 e. The summed E-state index contributed by atoms with van der Waals surface area (Å²) in [6.45, 7) is 6.43. The van der Waals surface area contributed by atoms with Gasteiger partial charge in [0.25, 0.3) is 5.91 Å². The van der Waals surface area contributed by atoms with Gasteiger partial charge in [-0.3, -0.25) is 19.3 Å². The Kier molecular flexibility index (Phi) is 5.50. The number of nitrogens with zero attached hydrogens (tertiary/aromatic N) is 1. The predicted octanol–water partition coefficient (Wildman–Crippen LogP) is 5.23. The quantitative estimate of drug-likeness (QED) is 0.334. The maximum absolute atomic E-state index is 14.9. The first-order chi connectivity index (χ1) is 19.4. The van der Waals surface area contributed by atoms with E-state index < -0.39 is 16.9 Å². The number of rotatable bonds is 5. The Balaban J connectivity index is 1.57. The Labute approximate surface area is 237 Å². The van der Waals surface area contributed by atoms with Gasteiger partial charge in [-0.15, -0.1) is 0 Å². The normalized spacial score (nSPS) is 27.9. The number of Topliss-reactive ketones (excluding diaryl/α,β-unsaturated/α-hetero) is 1. The van der Waals surface area contributed by atoms with E-state index in [0.717, 1.165) is 12.0 Å². The van der Waals surface area contributed by atoms with E-state index in [4.69, 9.17) is 16.3 Å². The van der Waals surface area contributed by atoms with E-state index in [2.05, 4.69) is 22.1 Å². The van der Waals surface area contributed by atoms with Gasteiger partial charge in [0.1, 0.15) is 23.3 Å². The average Bonchev–Trinajstić information content (AvgIpc) is 3.66. The molecular formula is C32H28ClN3O4. The fourth-order valence-electron chi connectivity index (χ4n) is 7.92. The van der Waals surface area contributed by atoms with Gasteiger partial charge in [0, 0.05) is 28.0 Å². The summed E-state index contributed by atoms with van der Waals surface area (Å²) in [5.74, 6) is -1.32. The lowest BCUT2D eigenvalue weighted by Crippen LogP contribution is -2.62. The molecular weight excluding hydrogens is 526 g/mol. The number of para-hydroxylation sites is 2. The van der Waals surface area contributed by atoms with Crippen molar-refractivity contribution in [3.05, 3.63) is 101 Å². The van der Waals surface area contributed by atoms with Crippen LogP contribution in [-0.2, 0) is 20.5 Å². The van der Waals surface area contributed by atoms with Gasteiger partial charge in [-0.05, 0) is 67.8 Å². The van der Waals surface area contributed by atoms with E-state index in [1.807, 2.05) is 37.3 Å². The van der Waals surface area contributed by atoms with Gasteiger partial charge < -0.3 is 15.4 Å². The summed E-state index contributed by atoms with van der Waals surface area (Å²) in [7, 11) is 0. The van der Waals surface area contributed by atoms with Crippen molar-refractivity contribution >= 4 is 40.6 Å². The third kappa shape index (κ3) is 2.91. The van der Waals surface area contributed by atoms with E-state index >= 15 is 0 Å². The maximum atomic E-state index is 14.9. The Morgan fingerprint density at radius 1 is 1.10 bits per heavy atom. The number of hydrogen-bond acceptors (Lipinski definition) is 5. The lowest BCUT2D eigenvalue weighted by atomic mass is 9.57. The SMILES string of the molecule is C=CCOc1ccccc1C(=O)[C@@H]1[C@@H]2CCCN2[C@]2(C(=O)Nc3c(C)cc(Cl)cc32)[C@@]12C(=O)Nc1ccccc12. The molecule has 0 saturated carbocycles. The first-order valence-corrected chi connectivity index (χ1v) is 13.9. The molecule has 0 unspecified atom stereocenters. The minimum absolute atomic E-state index is 0.222. The number of carbonyl (C=O) groups is 3. The van der Waals surface area contributed by atoms with Crippen LogP contribution in [0.15, 0.2) is 73.3 Å². The number of amides is 2. The molecule has 4 heterocycles. The summed E-state index contributed by atoms with van der Waals surface area (Å²) in [6, 6.07) is 17.8. The van der Waals surface area contributed by atoms with Crippen LogP contribution in [0.2, 0.25) is 5.02 Å². The van der Waals surface area contributed by atoms with Gasteiger partial charge in [-0.1, -0.05) is 54.6 Å². The number of aryl methyl sites for hydroxylation is 1. The number of hydrogen-bond donors (Lipinski definition) is 2. The fourth-order valence-corrected chi connectivity index (χ4v) is 8.20. The third-order valence-electron chi connectivity index (χ3n) is 9.16. The molecule has 3 aromatic rings. The number of carbonyl (C=O) groups excluding carboxylic acids is 3. The molecule has 4 aliphatic rings. The first-order valence-electron chi connectivity index (χ1n) is 13.5. The van der Waals surface area contributed by atoms with Crippen LogP contribution in [0.3, 0.4) is 0 Å². The Morgan fingerprint density at radius 3 is 2.70 bits per heavy atom. The number of ether oxygens (including phenoxy) is 1. The number of halogens is 1. The van der Waals surface area contributed by atoms with Crippen LogP contribution >= 0.6 is 11.6 Å². The van der Waals surface area contributed by atoms with Crippen molar-refractivity contribution in [3.63, 3.8) is 0 Å². The predicted molar refractivity (Wildman–Crippen MR) is 153 cm³/mol. The zero-order valence-corrected chi connectivity index (χ0v) is 22.8. The highest BCUT2D eigenvalue weighted by Gasteiger charge is 2.81. The van der Waals surface area contributed by atoms with Crippen molar-refractivity contribution in [3.8, 4) is 5.75 Å². The molecule has 4 atom stereocenters. The van der Waals surface area contributed by atoms with E-state index in [0.29, 0.717) is 51.8 Å². The first kappa shape index (κ1) is 25.1. The molecule has 2 amide bonds. The lowest BCUT2D eigenvalue weighted by Gasteiger charge is -2.43. The van der Waals surface area contributed by atoms with Crippen molar-refractivity contribution in [2.75, 3.05) is 23.8 Å². The topological polar surface area (TPSA) is 87.7 Å². The molecule has 0 radical (unpaired) electrons. The second kappa shape index (κ2) is 8.78. The van der Waals surface area contributed by atoms with E-state index in [1.165, 1.54) is 0 Å². The highest BCUT2D eigenvalue weighted by Crippen LogP contribution is 2.68. The monoisotopic (exact) mass is 553 g/mol. The molecule has 7 nitrogen and oxygen atoms in total. The standard InChI is InChI=1S/C32H28ClN3O4/c1-3-15-40-25-13-7-4-9-20(25)28(37)26-24-12-8-14-36(24)32(22-17-19(33)16-18(2)27(22)35-30(32)39)31(26)21-10-5-6-11-23(21)34-29(31)38/h3-7,9-11,13,16-17,24,26H,1,8,12,14-15H2,2H3,(H,34,38)(H,35,39)/t24-,26-,31+,32+/m0/s1. The summed E-state index contributed by atoms with van der Waals surface area (Å²) in [4.78, 5) is 46.2.